The normalized spacial score (nSPS) is 14.6. The molecule has 0 saturated carbocycles. The van der Waals surface area contributed by atoms with Crippen LogP contribution >= 0.6 is 35.3 Å². The van der Waals surface area contributed by atoms with Crippen LogP contribution in [0.5, 0.6) is 0 Å². The number of thioether (sulfide) groups is 1. The minimum absolute atomic E-state index is 0.104. The Labute approximate surface area is 212 Å². The Morgan fingerprint density at radius 1 is 1.09 bits per heavy atom. The standard InChI is InChI=1S/C24H16F2N2O4S3/c25-18-5-4-14(8-19(18)26)16-7-17(34-12-16)9-20-22(30)28(24(33)35-20)11-21(29)27-10-13-2-1-3-15(6-13)23(31)32/h1-9,12H,10-11H2,(H,27,29)(H,31,32)/b20-9-. The van der Waals surface area contributed by atoms with Gasteiger partial charge in [-0.2, -0.15) is 0 Å². The number of rotatable bonds is 7. The SMILES string of the molecule is O=C(CN1C(=O)/C(=C/c2cc(-c3ccc(F)c(F)c3)cs2)SC1=S)NCc1cccc(C(=O)O)c1. The van der Waals surface area contributed by atoms with E-state index >= 15 is 0 Å². The van der Waals surface area contributed by atoms with Crippen molar-refractivity contribution < 1.29 is 28.3 Å². The Morgan fingerprint density at radius 2 is 1.89 bits per heavy atom. The van der Waals surface area contributed by atoms with Crippen molar-refractivity contribution in [2.45, 2.75) is 6.54 Å². The number of carboxylic acids is 1. The Hall–Kier alpha value is -3.41. The lowest BCUT2D eigenvalue weighted by atomic mass is 10.1. The van der Waals surface area contributed by atoms with E-state index in [0.29, 0.717) is 26.5 Å². The van der Waals surface area contributed by atoms with E-state index in [2.05, 4.69) is 5.32 Å². The van der Waals surface area contributed by atoms with Gasteiger partial charge < -0.3 is 10.4 Å². The molecule has 3 aromatic rings. The molecule has 0 radical (unpaired) electrons. The summed E-state index contributed by atoms with van der Waals surface area (Å²) in [5, 5.41) is 13.5. The average Bonchev–Trinajstić information content (AvgIpc) is 3.40. The van der Waals surface area contributed by atoms with Crippen molar-refractivity contribution >= 4 is 63.5 Å². The maximum atomic E-state index is 13.5. The summed E-state index contributed by atoms with van der Waals surface area (Å²) in [5.74, 6) is -3.79. The van der Waals surface area contributed by atoms with Crippen molar-refractivity contribution in [1.82, 2.24) is 10.2 Å². The number of carbonyl (C=O) groups is 3. The molecule has 0 atom stereocenters. The minimum Gasteiger partial charge on any atom is -0.478 e. The van der Waals surface area contributed by atoms with Crippen LogP contribution in [-0.2, 0) is 16.1 Å². The highest BCUT2D eigenvalue weighted by Crippen LogP contribution is 2.35. The van der Waals surface area contributed by atoms with E-state index in [9.17, 15) is 23.2 Å². The molecule has 2 N–H and O–H groups in total. The zero-order valence-corrected chi connectivity index (χ0v) is 20.2. The molecule has 35 heavy (non-hydrogen) atoms. The van der Waals surface area contributed by atoms with Gasteiger partial charge in [0.15, 0.2) is 11.6 Å². The van der Waals surface area contributed by atoms with Gasteiger partial charge in [-0.15, -0.1) is 11.3 Å². The quantitative estimate of drug-likeness (QED) is 0.334. The number of hydrogen-bond acceptors (Lipinski definition) is 6. The molecule has 1 aromatic heterocycles. The molecule has 11 heteroatoms. The number of halogens is 2. The van der Waals surface area contributed by atoms with Crippen molar-refractivity contribution in [2.75, 3.05) is 6.54 Å². The van der Waals surface area contributed by atoms with E-state index in [1.807, 2.05) is 0 Å². The molecule has 1 saturated heterocycles. The monoisotopic (exact) mass is 530 g/mol. The Bertz CT molecular complexity index is 1390. The van der Waals surface area contributed by atoms with E-state index < -0.39 is 29.4 Å². The summed E-state index contributed by atoms with van der Waals surface area (Å²) in [6, 6.07) is 11.6. The first-order valence-electron chi connectivity index (χ1n) is 10.1. The van der Waals surface area contributed by atoms with Gasteiger partial charge >= 0.3 is 5.97 Å². The van der Waals surface area contributed by atoms with E-state index in [1.165, 1.54) is 34.4 Å². The first kappa shape index (κ1) is 24.7. The summed E-state index contributed by atoms with van der Waals surface area (Å²) >= 11 is 7.67. The first-order chi connectivity index (χ1) is 16.7. The number of nitrogens with zero attached hydrogens (tertiary/aromatic N) is 1. The fourth-order valence-electron chi connectivity index (χ4n) is 3.24. The molecule has 1 aliphatic heterocycles. The largest absolute Gasteiger partial charge is 0.478 e. The number of aromatic carboxylic acids is 1. The number of thiophene rings is 1. The van der Waals surface area contributed by atoms with Gasteiger partial charge in [0, 0.05) is 11.4 Å². The summed E-state index contributed by atoms with van der Waals surface area (Å²) in [5.41, 5.74) is 1.91. The van der Waals surface area contributed by atoms with Gasteiger partial charge in [0.05, 0.1) is 10.5 Å². The summed E-state index contributed by atoms with van der Waals surface area (Å²) in [6.45, 7) is -0.169. The molecule has 178 valence electrons. The number of nitrogens with one attached hydrogen (secondary N) is 1. The maximum Gasteiger partial charge on any atom is 0.335 e. The Morgan fingerprint density at radius 3 is 2.63 bits per heavy atom. The topological polar surface area (TPSA) is 86.7 Å². The number of hydrogen-bond donors (Lipinski definition) is 2. The highest BCUT2D eigenvalue weighted by molar-refractivity contribution is 8.26. The summed E-state index contributed by atoms with van der Waals surface area (Å²) in [6.07, 6.45) is 1.64. The van der Waals surface area contributed by atoms with Crippen LogP contribution in [0.3, 0.4) is 0 Å². The van der Waals surface area contributed by atoms with E-state index in [-0.39, 0.29) is 23.0 Å². The molecule has 0 aliphatic carbocycles. The summed E-state index contributed by atoms with van der Waals surface area (Å²) < 4.78 is 27.0. The van der Waals surface area contributed by atoms with Crippen LogP contribution in [0.4, 0.5) is 8.78 Å². The Kier molecular flexibility index (Phi) is 7.39. The molecule has 1 fully saturated rings. The lowest BCUT2D eigenvalue weighted by Crippen LogP contribution is -2.39. The molecule has 0 spiro atoms. The van der Waals surface area contributed by atoms with Crippen LogP contribution in [0.15, 0.2) is 58.8 Å². The number of carboxylic acid groups (broad SMARTS) is 1. The number of amides is 2. The molecule has 2 heterocycles. The van der Waals surface area contributed by atoms with E-state index in [4.69, 9.17) is 17.3 Å². The van der Waals surface area contributed by atoms with E-state index in [1.54, 1.807) is 29.7 Å². The minimum atomic E-state index is -1.06. The third-order valence-electron chi connectivity index (χ3n) is 4.98. The van der Waals surface area contributed by atoms with Gasteiger partial charge in [-0.1, -0.05) is 42.2 Å². The molecule has 6 nitrogen and oxygen atoms in total. The van der Waals surface area contributed by atoms with Gasteiger partial charge in [0.25, 0.3) is 5.91 Å². The van der Waals surface area contributed by atoms with Crippen LogP contribution in [0, 0.1) is 11.6 Å². The molecular weight excluding hydrogens is 514 g/mol. The maximum absolute atomic E-state index is 13.5. The third-order valence-corrected chi connectivity index (χ3v) is 7.24. The second-order valence-electron chi connectivity index (χ2n) is 7.42. The fraction of sp³-hybridized carbons (Fsp3) is 0.0833. The lowest BCUT2D eigenvalue weighted by Gasteiger charge is -2.14. The second kappa shape index (κ2) is 10.5. The summed E-state index contributed by atoms with van der Waals surface area (Å²) in [7, 11) is 0. The number of thiocarbonyl (C=S) groups is 1. The molecule has 2 amide bonds. The van der Waals surface area contributed by atoms with Crippen molar-refractivity contribution in [3.63, 3.8) is 0 Å². The van der Waals surface area contributed by atoms with Gasteiger partial charge in [-0.25, -0.2) is 13.6 Å². The first-order valence-corrected chi connectivity index (χ1v) is 12.2. The van der Waals surface area contributed by atoms with Crippen LogP contribution in [0.1, 0.15) is 20.8 Å². The highest BCUT2D eigenvalue weighted by atomic mass is 32.2. The molecule has 4 rings (SSSR count). The molecule has 0 bridgehead atoms. The van der Waals surface area contributed by atoms with Gasteiger partial charge in [0.1, 0.15) is 10.9 Å². The smallest absolute Gasteiger partial charge is 0.335 e. The third kappa shape index (κ3) is 5.81. The second-order valence-corrected chi connectivity index (χ2v) is 10.0. The van der Waals surface area contributed by atoms with Crippen LogP contribution in [0.25, 0.3) is 17.2 Å². The molecule has 2 aromatic carbocycles. The fourth-order valence-corrected chi connectivity index (χ4v) is 5.40. The van der Waals surface area contributed by atoms with Gasteiger partial charge in [-0.05, 0) is 58.5 Å². The number of benzene rings is 2. The molecular formula is C24H16F2N2O4S3. The molecule has 0 unspecified atom stereocenters. The predicted molar refractivity (Wildman–Crippen MR) is 135 cm³/mol. The van der Waals surface area contributed by atoms with E-state index in [0.717, 1.165) is 23.9 Å². The van der Waals surface area contributed by atoms with Crippen LogP contribution < -0.4 is 5.32 Å². The highest BCUT2D eigenvalue weighted by Gasteiger charge is 2.33. The van der Waals surface area contributed by atoms with Crippen molar-refractivity contribution in [1.29, 1.82) is 0 Å². The summed E-state index contributed by atoms with van der Waals surface area (Å²) in [4.78, 5) is 38.5. The average molecular weight is 531 g/mol. The predicted octanol–water partition coefficient (Wildman–Crippen LogP) is 4.91. The van der Waals surface area contributed by atoms with Gasteiger partial charge in [-0.3, -0.25) is 14.5 Å². The van der Waals surface area contributed by atoms with Crippen molar-refractivity contribution in [3.05, 3.63) is 86.5 Å². The van der Waals surface area contributed by atoms with Crippen LogP contribution in [0.2, 0.25) is 0 Å². The zero-order chi connectivity index (χ0) is 25.1. The number of carbonyl (C=O) groups excluding carboxylic acids is 2. The Balaban J connectivity index is 1.39. The van der Waals surface area contributed by atoms with Gasteiger partial charge in [0.2, 0.25) is 5.91 Å². The van der Waals surface area contributed by atoms with Crippen molar-refractivity contribution in [3.8, 4) is 11.1 Å². The lowest BCUT2D eigenvalue weighted by molar-refractivity contribution is -0.128. The molecule has 1 aliphatic rings. The van der Waals surface area contributed by atoms with Crippen LogP contribution in [-0.4, -0.2) is 38.7 Å². The zero-order valence-electron chi connectivity index (χ0n) is 17.8. The van der Waals surface area contributed by atoms with Crippen molar-refractivity contribution in [2.24, 2.45) is 0 Å².